The van der Waals surface area contributed by atoms with Crippen LogP contribution in [0.3, 0.4) is 0 Å². The highest BCUT2D eigenvalue weighted by Crippen LogP contribution is 2.23. The van der Waals surface area contributed by atoms with E-state index in [1.807, 2.05) is 6.20 Å². The summed E-state index contributed by atoms with van der Waals surface area (Å²) in [5.41, 5.74) is 1.43. The van der Waals surface area contributed by atoms with Crippen molar-refractivity contribution in [3.05, 3.63) is 47.8 Å². The van der Waals surface area contributed by atoms with E-state index in [0.717, 1.165) is 57.6 Å². The lowest BCUT2D eigenvalue weighted by Gasteiger charge is -2.32. The maximum Gasteiger partial charge on any atom is 0.224 e. The van der Waals surface area contributed by atoms with Gasteiger partial charge in [0.1, 0.15) is 11.6 Å². The molecule has 1 aliphatic rings. The lowest BCUT2D eigenvalue weighted by atomic mass is 9.93. The van der Waals surface area contributed by atoms with Crippen molar-refractivity contribution in [2.75, 3.05) is 18.4 Å². The summed E-state index contributed by atoms with van der Waals surface area (Å²) in [5, 5.41) is 2.68. The number of benzene rings is 1. The number of aryl methyl sites for hydroxylation is 1. The molecule has 1 saturated heterocycles. The average Bonchev–Trinajstić information content (AvgIpc) is 3.14. The Balaban J connectivity index is 1.42. The van der Waals surface area contributed by atoms with Gasteiger partial charge in [0.2, 0.25) is 5.91 Å². The van der Waals surface area contributed by atoms with Crippen molar-refractivity contribution in [3.63, 3.8) is 0 Å². The third-order valence-corrected chi connectivity index (χ3v) is 5.37. The Morgan fingerprint density at radius 2 is 2.25 bits per heavy atom. The fraction of sp³-hybridized carbons (Fsp3) is 0.545. The van der Waals surface area contributed by atoms with Crippen LogP contribution < -0.4 is 5.32 Å². The van der Waals surface area contributed by atoms with E-state index in [9.17, 15) is 9.18 Å². The third kappa shape index (κ3) is 6.16. The maximum absolute atomic E-state index is 13.6. The van der Waals surface area contributed by atoms with Crippen LogP contribution in [-0.4, -0.2) is 33.9 Å². The number of carbonyl (C=O) groups is 1. The van der Waals surface area contributed by atoms with Gasteiger partial charge in [0.05, 0.1) is 5.69 Å². The smallest absolute Gasteiger partial charge is 0.224 e. The molecule has 0 saturated carbocycles. The zero-order valence-corrected chi connectivity index (χ0v) is 16.7. The molecule has 1 fully saturated rings. The molecule has 1 atom stereocenters. The van der Waals surface area contributed by atoms with E-state index < -0.39 is 5.82 Å². The van der Waals surface area contributed by atoms with Crippen molar-refractivity contribution in [1.82, 2.24) is 14.9 Å². The summed E-state index contributed by atoms with van der Waals surface area (Å²) >= 11 is 0. The van der Waals surface area contributed by atoms with Gasteiger partial charge in [-0.05, 0) is 50.3 Å². The van der Waals surface area contributed by atoms with Crippen LogP contribution in [0.2, 0.25) is 0 Å². The van der Waals surface area contributed by atoms with E-state index in [0.29, 0.717) is 12.3 Å². The molecule has 1 aromatic carbocycles. The Kier molecular flexibility index (Phi) is 7.60. The number of anilines is 1. The van der Waals surface area contributed by atoms with E-state index in [-0.39, 0.29) is 11.6 Å². The number of hydrogen-bond donors (Lipinski definition) is 2. The van der Waals surface area contributed by atoms with Crippen molar-refractivity contribution in [3.8, 4) is 0 Å². The molecule has 152 valence electrons. The van der Waals surface area contributed by atoms with Gasteiger partial charge in [-0.25, -0.2) is 9.37 Å². The number of aromatic nitrogens is 2. The molecule has 28 heavy (non-hydrogen) atoms. The first-order chi connectivity index (χ1) is 13.6. The zero-order valence-electron chi connectivity index (χ0n) is 16.7. The Morgan fingerprint density at radius 1 is 1.39 bits per heavy atom. The number of likely N-dealkylation sites (tertiary alicyclic amines) is 1. The molecule has 3 rings (SSSR count). The number of amides is 1. The Labute approximate surface area is 166 Å². The average molecular weight is 387 g/mol. The number of unbranched alkanes of at least 4 members (excludes halogenated alkanes) is 1. The minimum atomic E-state index is -0.391. The summed E-state index contributed by atoms with van der Waals surface area (Å²) in [4.78, 5) is 22.5. The van der Waals surface area contributed by atoms with Crippen LogP contribution in [0.25, 0.3) is 0 Å². The molecule has 6 heteroatoms. The number of rotatable bonds is 9. The molecule has 0 bridgehead atoms. The van der Waals surface area contributed by atoms with E-state index in [1.54, 1.807) is 18.2 Å². The highest BCUT2D eigenvalue weighted by atomic mass is 19.1. The lowest BCUT2D eigenvalue weighted by molar-refractivity contribution is -0.116. The molecular formula is C22H31FN4O. The quantitative estimate of drug-likeness (QED) is 0.666. The predicted molar refractivity (Wildman–Crippen MR) is 109 cm³/mol. The van der Waals surface area contributed by atoms with Crippen LogP contribution in [0, 0.1) is 11.7 Å². The van der Waals surface area contributed by atoms with Gasteiger partial charge in [0, 0.05) is 37.8 Å². The molecule has 2 heterocycles. The van der Waals surface area contributed by atoms with Crippen molar-refractivity contribution >= 4 is 11.6 Å². The topological polar surface area (TPSA) is 61.0 Å². The second-order valence-corrected chi connectivity index (χ2v) is 7.77. The predicted octanol–water partition coefficient (Wildman–Crippen LogP) is 4.52. The molecule has 5 nitrogen and oxygen atoms in total. The standard InChI is InChI=1S/C22H31FN4O/c1-2-3-10-21-24-14-18(25-21)16-27-13-6-7-17(15-27)11-12-22(28)26-20-9-5-4-8-19(20)23/h4-5,8-9,14,17H,2-3,6-7,10-13,15-16H2,1H3,(H,24,25)(H,26,28). The Morgan fingerprint density at radius 3 is 3.07 bits per heavy atom. The van der Waals surface area contributed by atoms with Gasteiger partial charge >= 0.3 is 0 Å². The first-order valence-corrected chi connectivity index (χ1v) is 10.4. The zero-order chi connectivity index (χ0) is 19.8. The van der Waals surface area contributed by atoms with Gasteiger partial charge < -0.3 is 10.3 Å². The van der Waals surface area contributed by atoms with Crippen molar-refractivity contribution in [2.45, 2.75) is 58.4 Å². The number of carbonyl (C=O) groups excluding carboxylic acids is 1. The monoisotopic (exact) mass is 386 g/mol. The summed E-state index contributed by atoms with van der Waals surface area (Å²) in [6.07, 6.45) is 8.86. The number of halogens is 1. The van der Waals surface area contributed by atoms with Gasteiger partial charge in [0.25, 0.3) is 0 Å². The lowest BCUT2D eigenvalue weighted by Crippen LogP contribution is -2.35. The van der Waals surface area contributed by atoms with Gasteiger partial charge in [-0.3, -0.25) is 9.69 Å². The van der Waals surface area contributed by atoms with Gasteiger partial charge in [-0.2, -0.15) is 0 Å². The number of imidazole rings is 1. The number of aromatic amines is 1. The molecule has 1 aromatic heterocycles. The van der Waals surface area contributed by atoms with E-state index in [2.05, 4.69) is 27.1 Å². The van der Waals surface area contributed by atoms with Crippen LogP contribution in [0.1, 0.15) is 57.0 Å². The Bertz CT molecular complexity index is 760. The molecule has 2 N–H and O–H groups in total. The highest BCUT2D eigenvalue weighted by molar-refractivity contribution is 5.90. The number of H-pyrrole nitrogens is 1. The molecule has 1 aliphatic heterocycles. The second kappa shape index (κ2) is 10.4. The fourth-order valence-electron chi connectivity index (χ4n) is 3.84. The summed E-state index contributed by atoms with van der Waals surface area (Å²) in [5.74, 6) is 1.08. The van der Waals surface area contributed by atoms with Crippen LogP contribution in [0.15, 0.2) is 30.5 Å². The molecule has 1 unspecified atom stereocenters. The van der Waals surface area contributed by atoms with Gasteiger partial charge in [-0.15, -0.1) is 0 Å². The normalized spacial score (nSPS) is 17.6. The van der Waals surface area contributed by atoms with Crippen LogP contribution >= 0.6 is 0 Å². The molecule has 2 aromatic rings. The molecule has 1 amide bonds. The summed E-state index contributed by atoms with van der Waals surface area (Å²) < 4.78 is 13.6. The number of para-hydroxylation sites is 1. The molecular weight excluding hydrogens is 355 g/mol. The van der Waals surface area contributed by atoms with Crippen LogP contribution in [-0.2, 0) is 17.8 Å². The largest absolute Gasteiger partial charge is 0.345 e. The first kappa shape index (κ1) is 20.5. The molecule has 0 spiro atoms. The SMILES string of the molecule is CCCCc1ncc(CN2CCCC(CCC(=O)Nc3ccccc3F)C2)[nH]1. The maximum atomic E-state index is 13.6. The van der Waals surface area contributed by atoms with Crippen molar-refractivity contribution in [2.24, 2.45) is 5.92 Å². The highest BCUT2D eigenvalue weighted by Gasteiger charge is 2.21. The summed E-state index contributed by atoms with van der Waals surface area (Å²) in [6, 6.07) is 6.29. The minimum absolute atomic E-state index is 0.114. The summed E-state index contributed by atoms with van der Waals surface area (Å²) in [7, 11) is 0. The Hall–Kier alpha value is -2.21. The third-order valence-electron chi connectivity index (χ3n) is 5.37. The summed E-state index contributed by atoms with van der Waals surface area (Å²) in [6.45, 7) is 5.16. The number of piperidine rings is 1. The van der Waals surface area contributed by atoms with Crippen LogP contribution in [0.5, 0.6) is 0 Å². The van der Waals surface area contributed by atoms with Gasteiger partial charge in [0.15, 0.2) is 0 Å². The van der Waals surface area contributed by atoms with E-state index in [1.165, 1.54) is 18.2 Å². The molecule has 0 aliphatic carbocycles. The molecule has 0 radical (unpaired) electrons. The van der Waals surface area contributed by atoms with E-state index >= 15 is 0 Å². The fourth-order valence-corrected chi connectivity index (χ4v) is 3.84. The number of nitrogens with one attached hydrogen (secondary N) is 2. The van der Waals surface area contributed by atoms with Crippen molar-refractivity contribution in [1.29, 1.82) is 0 Å². The first-order valence-electron chi connectivity index (χ1n) is 10.4. The number of hydrogen-bond acceptors (Lipinski definition) is 3. The van der Waals surface area contributed by atoms with E-state index in [4.69, 9.17) is 0 Å². The van der Waals surface area contributed by atoms with Crippen LogP contribution in [0.4, 0.5) is 10.1 Å². The van der Waals surface area contributed by atoms with Gasteiger partial charge in [-0.1, -0.05) is 25.5 Å². The van der Waals surface area contributed by atoms with Crippen molar-refractivity contribution < 1.29 is 9.18 Å². The minimum Gasteiger partial charge on any atom is -0.345 e. The number of nitrogens with zero attached hydrogens (tertiary/aromatic N) is 2. The second-order valence-electron chi connectivity index (χ2n) is 7.77.